The first-order chi connectivity index (χ1) is 9.92. The van der Waals surface area contributed by atoms with Gasteiger partial charge in [0.1, 0.15) is 0 Å². The molecule has 1 saturated heterocycles. The molecule has 2 N–H and O–H groups in total. The van der Waals surface area contributed by atoms with E-state index in [2.05, 4.69) is 5.32 Å². The molecule has 6 heteroatoms. The summed E-state index contributed by atoms with van der Waals surface area (Å²) >= 11 is 0. The van der Waals surface area contributed by atoms with Crippen LogP contribution in [0.1, 0.15) is 25.3 Å². The summed E-state index contributed by atoms with van der Waals surface area (Å²) in [7, 11) is 0. The number of nitrogens with one attached hydrogen (secondary N) is 1. The Morgan fingerprint density at radius 1 is 1.43 bits per heavy atom. The number of nitrogens with zero attached hydrogens (tertiary/aromatic N) is 1. The lowest BCUT2D eigenvalue weighted by atomic mass is 10.1. The maximum atomic E-state index is 12.0. The molecule has 2 amide bonds. The SMILES string of the molecule is CCC(=O)Nc1ccc(C)c(N2CC(C(=O)O)CC2=O)c1. The molecule has 112 valence electrons. The first-order valence-electron chi connectivity index (χ1n) is 6.86. The van der Waals surface area contributed by atoms with Crippen molar-refractivity contribution in [2.75, 3.05) is 16.8 Å². The van der Waals surface area contributed by atoms with E-state index in [1.165, 1.54) is 4.90 Å². The van der Waals surface area contributed by atoms with E-state index in [0.29, 0.717) is 17.8 Å². The van der Waals surface area contributed by atoms with Gasteiger partial charge in [-0.15, -0.1) is 0 Å². The number of anilines is 2. The van der Waals surface area contributed by atoms with Crippen molar-refractivity contribution in [3.05, 3.63) is 23.8 Å². The van der Waals surface area contributed by atoms with Gasteiger partial charge in [-0.3, -0.25) is 14.4 Å². The normalized spacial score (nSPS) is 17.9. The van der Waals surface area contributed by atoms with E-state index in [1.807, 2.05) is 13.0 Å². The molecule has 0 radical (unpaired) electrons. The molecule has 0 aliphatic carbocycles. The molecule has 0 spiro atoms. The Kier molecular flexibility index (Phi) is 4.26. The second kappa shape index (κ2) is 5.95. The van der Waals surface area contributed by atoms with Crippen LogP contribution in [-0.2, 0) is 14.4 Å². The second-order valence-corrected chi connectivity index (χ2v) is 5.15. The number of hydrogen-bond donors (Lipinski definition) is 2. The topological polar surface area (TPSA) is 86.7 Å². The minimum Gasteiger partial charge on any atom is -0.481 e. The lowest BCUT2D eigenvalue weighted by Gasteiger charge is -2.20. The average Bonchev–Trinajstić information content (AvgIpc) is 2.83. The van der Waals surface area contributed by atoms with Crippen LogP contribution in [0.4, 0.5) is 11.4 Å². The predicted octanol–water partition coefficient (Wildman–Crippen LogP) is 1.78. The molecule has 1 aromatic rings. The largest absolute Gasteiger partial charge is 0.481 e. The summed E-state index contributed by atoms with van der Waals surface area (Å²) in [5.41, 5.74) is 2.12. The molecule has 1 aliphatic rings. The highest BCUT2D eigenvalue weighted by Gasteiger charge is 2.35. The molecular weight excluding hydrogens is 272 g/mol. The quantitative estimate of drug-likeness (QED) is 0.885. The van der Waals surface area contributed by atoms with E-state index in [9.17, 15) is 14.4 Å². The van der Waals surface area contributed by atoms with Crippen LogP contribution in [0.3, 0.4) is 0 Å². The van der Waals surface area contributed by atoms with E-state index in [1.54, 1.807) is 19.1 Å². The van der Waals surface area contributed by atoms with E-state index < -0.39 is 11.9 Å². The van der Waals surface area contributed by atoms with E-state index in [4.69, 9.17) is 5.11 Å². The zero-order valence-electron chi connectivity index (χ0n) is 12.0. The summed E-state index contributed by atoms with van der Waals surface area (Å²) in [6.45, 7) is 3.77. The number of rotatable bonds is 4. The van der Waals surface area contributed by atoms with Gasteiger partial charge in [0.2, 0.25) is 11.8 Å². The van der Waals surface area contributed by atoms with E-state index >= 15 is 0 Å². The van der Waals surface area contributed by atoms with Crippen molar-refractivity contribution < 1.29 is 19.5 Å². The zero-order chi connectivity index (χ0) is 15.6. The Morgan fingerprint density at radius 3 is 2.71 bits per heavy atom. The molecule has 21 heavy (non-hydrogen) atoms. The van der Waals surface area contributed by atoms with Gasteiger partial charge < -0.3 is 15.3 Å². The van der Waals surface area contributed by atoms with Crippen molar-refractivity contribution in [1.29, 1.82) is 0 Å². The van der Waals surface area contributed by atoms with E-state index in [-0.39, 0.29) is 24.8 Å². The summed E-state index contributed by atoms with van der Waals surface area (Å²) in [5, 5.41) is 11.8. The maximum absolute atomic E-state index is 12.0. The number of hydrogen-bond acceptors (Lipinski definition) is 3. The van der Waals surface area contributed by atoms with Crippen LogP contribution >= 0.6 is 0 Å². The van der Waals surface area contributed by atoms with Gasteiger partial charge in [-0.25, -0.2) is 0 Å². The number of carbonyl (C=O) groups is 3. The standard InChI is InChI=1S/C15H18N2O4/c1-3-13(18)16-11-5-4-9(2)12(7-11)17-8-10(15(20)21)6-14(17)19/h4-5,7,10H,3,6,8H2,1-2H3,(H,16,18)(H,20,21). The minimum atomic E-state index is -0.959. The Bertz CT molecular complexity index is 597. The van der Waals surface area contributed by atoms with Gasteiger partial charge in [0, 0.05) is 30.8 Å². The second-order valence-electron chi connectivity index (χ2n) is 5.15. The fourth-order valence-corrected chi connectivity index (χ4v) is 2.33. The molecule has 2 rings (SSSR count). The number of aryl methyl sites for hydroxylation is 1. The number of amides is 2. The highest BCUT2D eigenvalue weighted by molar-refractivity contribution is 6.00. The monoisotopic (exact) mass is 290 g/mol. The van der Waals surface area contributed by atoms with Gasteiger partial charge in [-0.1, -0.05) is 13.0 Å². The van der Waals surface area contributed by atoms with Gasteiger partial charge in [0.25, 0.3) is 0 Å². The van der Waals surface area contributed by atoms with Crippen LogP contribution in [0.5, 0.6) is 0 Å². The van der Waals surface area contributed by atoms with Crippen molar-refractivity contribution in [3.8, 4) is 0 Å². The first kappa shape index (κ1) is 15.0. The maximum Gasteiger partial charge on any atom is 0.308 e. The molecule has 0 saturated carbocycles. The summed E-state index contributed by atoms with van der Waals surface area (Å²) < 4.78 is 0. The Labute approximate surface area is 122 Å². The van der Waals surface area contributed by atoms with Crippen LogP contribution in [0, 0.1) is 12.8 Å². The Morgan fingerprint density at radius 2 is 2.14 bits per heavy atom. The lowest BCUT2D eigenvalue weighted by molar-refractivity contribution is -0.141. The van der Waals surface area contributed by atoms with Crippen molar-refractivity contribution in [2.45, 2.75) is 26.7 Å². The van der Waals surface area contributed by atoms with Gasteiger partial charge in [0.05, 0.1) is 5.92 Å². The number of benzene rings is 1. The number of carboxylic acids is 1. The van der Waals surface area contributed by atoms with Crippen molar-refractivity contribution in [1.82, 2.24) is 0 Å². The average molecular weight is 290 g/mol. The van der Waals surface area contributed by atoms with E-state index in [0.717, 1.165) is 5.56 Å². The molecule has 1 atom stereocenters. The smallest absolute Gasteiger partial charge is 0.308 e. The summed E-state index contributed by atoms with van der Waals surface area (Å²) in [6.07, 6.45) is 0.382. The first-order valence-corrected chi connectivity index (χ1v) is 6.86. The lowest BCUT2D eigenvalue weighted by Crippen LogP contribution is -2.26. The summed E-state index contributed by atoms with van der Waals surface area (Å²) in [6, 6.07) is 5.29. The van der Waals surface area contributed by atoms with Gasteiger partial charge >= 0.3 is 5.97 Å². The zero-order valence-corrected chi connectivity index (χ0v) is 12.0. The molecule has 1 aliphatic heterocycles. The molecule has 0 aromatic heterocycles. The molecule has 1 unspecified atom stereocenters. The highest BCUT2D eigenvalue weighted by atomic mass is 16.4. The van der Waals surface area contributed by atoms with Gasteiger partial charge in [0.15, 0.2) is 0 Å². The van der Waals surface area contributed by atoms with Crippen LogP contribution in [0.15, 0.2) is 18.2 Å². The fraction of sp³-hybridized carbons (Fsp3) is 0.400. The molecule has 1 fully saturated rings. The molecular formula is C15H18N2O4. The van der Waals surface area contributed by atoms with Crippen LogP contribution in [0.2, 0.25) is 0 Å². The highest BCUT2D eigenvalue weighted by Crippen LogP contribution is 2.30. The van der Waals surface area contributed by atoms with Crippen molar-refractivity contribution in [2.24, 2.45) is 5.92 Å². The number of carbonyl (C=O) groups excluding carboxylic acids is 2. The van der Waals surface area contributed by atoms with Crippen LogP contribution < -0.4 is 10.2 Å². The summed E-state index contributed by atoms with van der Waals surface area (Å²) in [5.74, 6) is -1.95. The number of aliphatic carboxylic acids is 1. The van der Waals surface area contributed by atoms with Crippen molar-refractivity contribution >= 4 is 29.2 Å². The van der Waals surface area contributed by atoms with Crippen molar-refractivity contribution in [3.63, 3.8) is 0 Å². The third-order valence-corrected chi connectivity index (χ3v) is 3.58. The van der Waals surface area contributed by atoms with Gasteiger partial charge in [-0.05, 0) is 24.6 Å². The molecule has 6 nitrogen and oxygen atoms in total. The molecule has 1 heterocycles. The van der Waals surface area contributed by atoms with Crippen LogP contribution in [0.25, 0.3) is 0 Å². The van der Waals surface area contributed by atoms with Gasteiger partial charge in [-0.2, -0.15) is 0 Å². The summed E-state index contributed by atoms with van der Waals surface area (Å²) in [4.78, 5) is 35.9. The Balaban J connectivity index is 2.26. The van der Waals surface area contributed by atoms with Crippen LogP contribution in [-0.4, -0.2) is 29.4 Å². The number of carboxylic acid groups (broad SMARTS) is 1. The Hall–Kier alpha value is -2.37. The third kappa shape index (κ3) is 3.21. The molecule has 0 bridgehead atoms. The fourth-order valence-electron chi connectivity index (χ4n) is 2.33. The predicted molar refractivity (Wildman–Crippen MR) is 78.2 cm³/mol. The minimum absolute atomic E-state index is 0.0142. The third-order valence-electron chi connectivity index (χ3n) is 3.58. The molecule has 1 aromatic carbocycles.